The molecule has 2 aromatic rings. The number of benzene rings is 2. The van der Waals surface area contributed by atoms with Crippen LogP contribution in [0.1, 0.15) is 0 Å². The number of rotatable bonds is 7. The molecule has 1 aliphatic heterocycles. The molecule has 1 fully saturated rings. The van der Waals surface area contributed by atoms with Gasteiger partial charge in [-0.1, -0.05) is 46.9 Å². The van der Waals surface area contributed by atoms with Crippen LogP contribution in [-0.2, 0) is 4.79 Å². The van der Waals surface area contributed by atoms with Gasteiger partial charge in [0, 0.05) is 13.1 Å². The van der Waals surface area contributed by atoms with Crippen molar-refractivity contribution >= 4 is 75.6 Å². The normalized spacial score (nSPS) is 17.2. The van der Waals surface area contributed by atoms with Gasteiger partial charge < -0.3 is 14.8 Å². The number of para-hydroxylation sites is 1. The number of nitrogens with one attached hydrogen (secondary N) is 1. The van der Waals surface area contributed by atoms with E-state index in [9.17, 15) is 14.0 Å². The number of anilines is 2. The second kappa shape index (κ2) is 10.4. The zero-order chi connectivity index (χ0) is 25.2. The van der Waals surface area contributed by atoms with E-state index in [2.05, 4.69) is 10.3 Å². The minimum Gasteiger partial charge on any atom is -0.497 e. The van der Waals surface area contributed by atoms with E-state index in [0.29, 0.717) is 22.1 Å². The lowest BCUT2D eigenvalue weighted by Gasteiger charge is -2.27. The lowest BCUT2D eigenvalue weighted by Crippen LogP contribution is -2.40. The molecule has 0 aromatic heterocycles. The number of hydrogen-bond donors (Lipinski definition) is 1. The SMILES string of the molecule is COc1ccc(NC(N=C2C(=O)N(c3ccccc3F)C(=O)N2C)C(Cl)C(Cl)(Cl)Cl)c(OC)c1. The van der Waals surface area contributed by atoms with Crippen LogP contribution >= 0.6 is 46.4 Å². The number of aliphatic imine (C=N–C) groups is 1. The zero-order valence-electron chi connectivity index (χ0n) is 18.1. The Morgan fingerprint density at radius 1 is 1.09 bits per heavy atom. The average molecular weight is 552 g/mol. The Hall–Kier alpha value is -2.46. The fraction of sp³-hybridized carbons (Fsp3) is 0.286. The fourth-order valence-corrected chi connectivity index (χ4v) is 3.59. The van der Waals surface area contributed by atoms with Crippen molar-refractivity contribution in [1.82, 2.24) is 4.90 Å². The summed E-state index contributed by atoms with van der Waals surface area (Å²) in [5, 5.41) is 1.66. The van der Waals surface area contributed by atoms with Crippen molar-refractivity contribution in [3.05, 3.63) is 48.3 Å². The van der Waals surface area contributed by atoms with Gasteiger partial charge in [0.2, 0.25) is 9.63 Å². The molecule has 2 unspecified atom stereocenters. The van der Waals surface area contributed by atoms with Gasteiger partial charge >= 0.3 is 11.9 Å². The first-order chi connectivity index (χ1) is 16.0. The Kier molecular flexibility index (Phi) is 8.02. The highest BCUT2D eigenvalue weighted by molar-refractivity contribution is 6.70. The fourth-order valence-electron chi connectivity index (χ4n) is 3.12. The van der Waals surface area contributed by atoms with Gasteiger partial charge in [-0.15, -0.1) is 11.6 Å². The number of methoxy groups -OCH3 is 2. The molecule has 0 bridgehead atoms. The molecule has 182 valence electrons. The van der Waals surface area contributed by atoms with E-state index >= 15 is 0 Å². The van der Waals surface area contributed by atoms with Gasteiger partial charge in [-0.3, -0.25) is 9.69 Å². The Morgan fingerprint density at radius 2 is 1.76 bits per heavy atom. The maximum absolute atomic E-state index is 14.3. The standard InChI is InChI=1S/C21H19Cl4FN4O4/c1-29-18(19(31)30(20(29)32)14-7-5-4-6-12(14)26)28-17(16(22)21(23,24)25)27-13-9-8-11(33-2)10-15(13)34-3/h4-10,16-17,27H,1-3H3. The Bertz CT molecular complexity index is 1130. The first-order valence-electron chi connectivity index (χ1n) is 9.63. The zero-order valence-corrected chi connectivity index (χ0v) is 21.1. The van der Waals surface area contributed by atoms with Crippen LogP contribution in [0.3, 0.4) is 0 Å². The highest BCUT2D eigenvalue weighted by Gasteiger charge is 2.45. The van der Waals surface area contributed by atoms with E-state index in [4.69, 9.17) is 55.9 Å². The maximum atomic E-state index is 14.3. The average Bonchev–Trinajstić information content (AvgIpc) is 3.01. The highest BCUT2D eigenvalue weighted by Crippen LogP contribution is 2.39. The summed E-state index contributed by atoms with van der Waals surface area (Å²) in [6.07, 6.45) is -1.23. The van der Waals surface area contributed by atoms with Crippen molar-refractivity contribution in [3.63, 3.8) is 0 Å². The predicted octanol–water partition coefficient (Wildman–Crippen LogP) is 5.06. The number of urea groups is 1. The van der Waals surface area contributed by atoms with Crippen molar-refractivity contribution in [3.8, 4) is 11.5 Å². The molecule has 1 aliphatic rings. The third kappa shape index (κ3) is 5.27. The van der Waals surface area contributed by atoms with Crippen LogP contribution in [0.5, 0.6) is 11.5 Å². The molecule has 1 saturated heterocycles. The summed E-state index contributed by atoms with van der Waals surface area (Å²) in [5.41, 5.74) is 0.169. The predicted molar refractivity (Wildman–Crippen MR) is 131 cm³/mol. The summed E-state index contributed by atoms with van der Waals surface area (Å²) in [7, 11) is 4.24. The van der Waals surface area contributed by atoms with Crippen LogP contribution < -0.4 is 19.7 Å². The van der Waals surface area contributed by atoms with Crippen LogP contribution in [0, 0.1) is 5.82 Å². The number of likely N-dealkylation sites (N-methyl/N-ethyl adjacent to an activating group) is 1. The number of hydrogen-bond acceptors (Lipinski definition) is 6. The monoisotopic (exact) mass is 550 g/mol. The highest BCUT2D eigenvalue weighted by atomic mass is 35.6. The van der Waals surface area contributed by atoms with Crippen LogP contribution in [0.2, 0.25) is 0 Å². The first kappa shape index (κ1) is 26.2. The molecular formula is C21H19Cl4FN4O4. The second-order valence-electron chi connectivity index (χ2n) is 6.99. The maximum Gasteiger partial charge on any atom is 0.337 e. The van der Waals surface area contributed by atoms with Gasteiger partial charge in [0.15, 0.2) is 0 Å². The van der Waals surface area contributed by atoms with E-state index in [-0.39, 0.29) is 11.5 Å². The summed E-state index contributed by atoms with van der Waals surface area (Å²) in [4.78, 5) is 31.8. The summed E-state index contributed by atoms with van der Waals surface area (Å²) in [6, 6.07) is 9.40. The number of halogens is 5. The molecule has 1 N–H and O–H groups in total. The molecule has 1 heterocycles. The molecule has 3 rings (SSSR count). The van der Waals surface area contributed by atoms with Crippen LogP contribution in [-0.4, -0.2) is 59.3 Å². The van der Waals surface area contributed by atoms with Crippen LogP contribution in [0.15, 0.2) is 47.5 Å². The molecule has 0 radical (unpaired) electrons. The third-order valence-electron chi connectivity index (χ3n) is 4.85. The molecule has 34 heavy (non-hydrogen) atoms. The van der Waals surface area contributed by atoms with Crippen molar-refractivity contribution in [2.24, 2.45) is 4.99 Å². The third-order valence-corrected chi connectivity index (χ3v) is 6.45. The molecule has 2 atom stereocenters. The number of imide groups is 1. The summed E-state index contributed by atoms with van der Waals surface area (Å²) < 4.78 is 22.8. The molecule has 0 spiro atoms. The summed E-state index contributed by atoms with van der Waals surface area (Å²) >= 11 is 24.4. The number of amidine groups is 1. The lowest BCUT2D eigenvalue weighted by atomic mass is 10.2. The Morgan fingerprint density at radius 3 is 2.35 bits per heavy atom. The van der Waals surface area contributed by atoms with E-state index in [1.807, 2.05) is 0 Å². The van der Waals surface area contributed by atoms with Crippen LogP contribution in [0.4, 0.5) is 20.6 Å². The summed E-state index contributed by atoms with van der Waals surface area (Å²) in [6.45, 7) is 0. The molecule has 3 amide bonds. The van der Waals surface area contributed by atoms with Gasteiger partial charge in [0.05, 0.1) is 25.6 Å². The largest absolute Gasteiger partial charge is 0.497 e. The minimum atomic E-state index is -2.02. The van der Waals surface area contributed by atoms with E-state index in [1.165, 1.54) is 39.5 Å². The molecular weight excluding hydrogens is 533 g/mol. The minimum absolute atomic E-state index is 0.223. The molecule has 13 heteroatoms. The van der Waals surface area contributed by atoms with Crippen molar-refractivity contribution in [2.75, 3.05) is 31.5 Å². The Labute approximate surface area is 215 Å². The molecule has 0 aliphatic carbocycles. The first-order valence-corrected chi connectivity index (χ1v) is 11.2. The van der Waals surface area contributed by atoms with Gasteiger partial charge in [-0.05, 0) is 24.3 Å². The number of ether oxygens (including phenoxy) is 2. The van der Waals surface area contributed by atoms with Crippen molar-refractivity contribution < 1.29 is 23.5 Å². The topological polar surface area (TPSA) is 83.5 Å². The number of carbonyl (C=O) groups excluding carboxylic acids is 2. The lowest BCUT2D eigenvalue weighted by molar-refractivity contribution is -0.111. The van der Waals surface area contributed by atoms with Gasteiger partial charge in [-0.2, -0.15) is 0 Å². The quantitative estimate of drug-likeness (QED) is 0.384. The number of nitrogens with zero attached hydrogens (tertiary/aromatic N) is 3. The van der Waals surface area contributed by atoms with Gasteiger partial charge in [-0.25, -0.2) is 19.1 Å². The number of amides is 3. The molecule has 2 aromatic carbocycles. The van der Waals surface area contributed by atoms with Crippen LogP contribution in [0.25, 0.3) is 0 Å². The van der Waals surface area contributed by atoms with Gasteiger partial charge in [0.25, 0.3) is 0 Å². The van der Waals surface area contributed by atoms with E-state index in [1.54, 1.807) is 18.2 Å². The van der Waals surface area contributed by atoms with Gasteiger partial charge in [0.1, 0.15) is 28.9 Å². The summed E-state index contributed by atoms with van der Waals surface area (Å²) in [5.74, 6) is -1.09. The van der Waals surface area contributed by atoms with E-state index < -0.39 is 33.1 Å². The number of alkyl halides is 4. The molecule has 0 saturated carbocycles. The second-order valence-corrected chi connectivity index (χ2v) is 9.82. The smallest absolute Gasteiger partial charge is 0.337 e. The number of carbonyl (C=O) groups is 2. The van der Waals surface area contributed by atoms with Crippen molar-refractivity contribution in [1.29, 1.82) is 0 Å². The van der Waals surface area contributed by atoms with Crippen molar-refractivity contribution in [2.45, 2.75) is 15.3 Å². The Balaban J connectivity index is 2.04. The molecule has 8 nitrogen and oxygen atoms in total. The van der Waals surface area contributed by atoms with E-state index in [0.717, 1.165) is 11.0 Å².